The van der Waals surface area contributed by atoms with Gasteiger partial charge in [0.15, 0.2) is 0 Å². The van der Waals surface area contributed by atoms with Crippen molar-refractivity contribution in [3.05, 3.63) is 36.2 Å². The zero-order valence-corrected chi connectivity index (χ0v) is 11.5. The zero-order chi connectivity index (χ0) is 15.0. The Morgan fingerprint density at radius 3 is 2.90 bits per heavy atom. The smallest absolute Gasteiger partial charge is 0.329 e. The van der Waals surface area contributed by atoms with Crippen LogP contribution in [0.4, 0.5) is 0 Å². The highest BCUT2D eigenvalue weighted by molar-refractivity contribution is 6.01. The second-order valence-electron chi connectivity index (χ2n) is 5.38. The quantitative estimate of drug-likeness (QED) is 0.893. The minimum absolute atomic E-state index is 0.118. The lowest BCUT2D eigenvalue weighted by Gasteiger charge is -2.47. The van der Waals surface area contributed by atoms with E-state index in [0.717, 1.165) is 5.52 Å². The number of carbonyl (C=O) groups is 2. The second kappa shape index (κ2) is 4.85. The Morgan fingerprint density at radius 1 is 1.43 bits per heavy atom. The second-order valence-corrected chi connectivity index (χ2v) is 5.38. The van der Waals surface area contributed by atoms with Crippen molar-refractivity contribution in [2.24, 2.45) is 0 Å². The highest BCUT2D eigenvalue weighted by Gasteiger charge is 2.43. The summed E-state index contributed by atoms with van der Waals surface area (Å²) in [4.78, 5) is 24.6. The van der Waals surface area contributed by atoms with E-state index in [9.17, 15) is 9.59 Å². The number of carboxylic acids is 1. The van der Waals surface area contributed by atoms with Crippen molar-refractivity contribution in [1.82, 2.24) is 14.5 Å². The van der Waals surface area contributed by atoms with E-state index in [1.54, 1.807) is 28.7 Å². The molecule has 3 heterocycles. The molecule has 0 aromatic carbocycles. The van der Waals surface area contributed by atoms with Crippen molar-refractivity contribution in [2.45, 2.75) is 12.5 Å². The van der Waals surface area contributed by atoms with Crippen molar-refractivity contribution in [3.8, 4) is 0 Å². The van der Waals surface area contributed by atoms with Gasteiger partial charge in [0.25, 0.3) is 5.91 Å². The monoisotopic (exact) mass is 289 g/mol. The number of aliphatic carboxylic acids is 1. The Bertz CT molecular complexity index is 703. The molecule has 1 aliphatic heterocycles. The predicted octanol–water partition coefficient (Wildman–Crippen LogP) is 0.650. The minimum Gasteiger partial charge on any atom is -0.480 e. The Hall–Kier alpha value is -2.41. The molecule has 2 aromatic rings. The summed E-state index contributed by atoms with van der Waals surface area (Å²) in [6, 6.07) is 5.53. The minimum atomic E-state index is -1.01. The maximum Gasteiger partial charge on any atom is 0.329 e. The Kier molecular flexibility index (Phi) is 3.13. The Morgan fingerprint density at radius 2 is 2.19 bits per heavy atom. The maximum absolute atomic E-state index is 12.4. The molecule has 0 aliphatic carbocycles. The third-order valence-corrected chi connectivity index (χ3v) is 3.54. The van der Waals surface area contributed by atoms with E-state index in [1.807, 2.05) is 18.2 Å². The highest BCUT2D eigenvalue weighted by atomic mass is 16.5. The summed E-state index contributed by atoms with van der Waals surface area (Å²) in [5.41, 5.74) is 0.704. The van der Waals surface area contributed by atoms with E-state index in [0.29, 0.717) is 18.7 Å². The number of carboxylic acid groups (broad SMARTS) is 1. The summed E-state index contributed by atoms with van der Waals surface area (Å²) in [6.07, 6.45) is 3.33. The summed E-state index contributed by atoms with van der Waals surface area (Å²) in [5.74, 6) is -1.13. The van der Waals surface area contributed by atoms with Gasteiger partial charge in [-0.3, -0.25) is 4.79 Å². The molecule has 0 spiro atoms. The first-order chi connectivity index (χ1) is 9.98. The normalized spacial score (nSPS) is 16.7. The van der Waals surface area contributed by atoms with Gasteiger partial charge in [0.1, 0.15) is 12.2 Å². The van der Waals surface area contributed by atoms with Gasteiger partial charge in [0, 0.05) is 6.20 Å². The molecule has 21 heavy (non-hydrogen) atoms. The number of hydrogen-bond donors (Lipinski definition) is 1. The molecule has 3 rings (SSSR count). The van der Waals surface area contributed by atoms with Gasteiger partial charge in [-0.2, -0.15) is 5.10 Å². The lowest BCUT2D eigenvalue weighted by Crippen LogP contribution is -2.63. The first-order valence-electron chi connectivity index (χ1n) is 6.56. The van der Waals surface area contributed by atoms with Crippen LogP contribution in [0.25, 0.3) is 5.52 Å². The molecule has 1 aliphatic rings. The van der Waals surface area contributed by atoms with Gasteiger partial charge in [-0.05, 0) is 19.1 Å². The molecular formula is C14H15N3O4. The molecule has 0 saturated carbocycles. The predicted molar refractivity (Wildman–Crippen MR) is 73.1 cm³/mol. The van der Waals surface area contributed by atoms with E-state index in [4.69, 9.17) is 9.84 Å². The standard InChI is InChI=1S/C14H15N3O4/c1-14(21-7-12(18)19)8-16(9-14)13(20)10-6-15-17-5-3-2-4-11(10)17/h2-6H,7-9H2,1H3,(H,18,19). The molecule has 1 fully saturated rings. The summed E-state index contributed by atoms with van der Waals surface area (Å²) < 4.78 is 6.94. The van der Waals surface area contributed by atoms with E-state index >= 15 is 0 Å². The van der Waals surface area contributed by atoms with Gasteiger partial charge in [-0.1, -0.05) is 6.07 Å². The number of rotatable bonds is 4. The molecule has 1 saturated heterocycles. The van der Waals surface area contributed by atoms with Crippen molar-refractivity contribution in [1.29, 1.82) is 0 Å². The zero-order valence-electron chi connectivity index (χ0n) is 11.5. The van der Waals surface area contributed by atoms with Crippen molar-refractivity contribution < 1.29 is 19.4 Å². The SMILES string of the molecule is CC1(OCC(=O)O)CN(C(=O)c2cnn3ccccc23)C1. The topological polar surface area (TPSA) is 84.1 Å². The average Bonchev–Trinajstić information content (AvgIpc) is 2.85. The number of carbonyl (C=O) groups excluding carboxylic acids is 1. The maximum atomic E-state index is 12.4. The third kappa shape index (κ3) is 2.47. The Labute approximate surface area is 120 Å². The van der Waals surface area contributed by atoms with Crippen molar-refractivity contribution in [2.75, 3.05) is 19.7 Å². The van der Waals surface area contributed by atoms with Crippen LogP contribution in [0.15, 0.2) is 30.6 Å². The van der Waals surface area contributed by atoms with Gasteiger partial charge in [-0.25, -0.2) is 9.31 Å². The fourth-order valence-electron chi connectivity index (χ4n) is 2.50. The van der Waals surface area contributed by atoms with Crippen LogP contribution in [0.2, 0.25) is 0 Å². The summed E-state index contributed by atoms with van der Waals surface area (Å²) in [6.45, 7) is 2.21. The molecule has 0 bridgehead atoms. The molecule has 1 N–H and O–H groups in total. The highest BCUT2D eigenvalue weighted by Crippen LogP contribution is 2.27. The first-order valence-corrected chi connectivity index (χ1v) is 6.56. The van der Waals surface area contributed by atoms with E-state index in [-0.39, 0.29) is 12.5 Å². The number of ether oxygens (including phenoxy) is 1. The van der Waals surface area contributed by atoms with Crippen LogP contribution in [0.1, 0.15) is 17.3 Å². The fourth-order valence-corrected chi connectivity index (χ4v) is 2.50. The number of nitrogens with zero attached hydrogens (tertiary/aromatic N) is 3. The molecule has 0 unspecified atom stereocenters. The summed E-state index contributed by atoms with van der Waals surface area (Å²) in [7, 11) is 0. The van der Waals surface area contributed by atoms with Crippen LogP contribution < -0.4 is 0 Å². The number of hydrogen-bond acceptors (Lipinski definition) is 4. The Balaban J connectivity index is 1.69. The van der Waals surface area contributed by atoms with Crippen LogP contribution in [-0.4, -0.2) is 56.8 Å². The van der Waals surface area contributed by atoms with Crippen LogP contribution in [0.5, 0.6) is 0 Å². The number of pyridine rings is 1. The van der Waals surface area contributed by atoms with E-state index < -0.39 is 11.6 Å². The van der Waals surface area contributed by atoms with Crippen LogP contribution in [-0.2, 0) is 9.53 Å². The average molecular weight is 289 g/mol. The lowest BCUT2D eigenvalue weighted by atomic mass is 9.95. The van der Waals surface area contributed by atoms with E-state index in [2.05, 4.69) is 5.10 Å². The summed E-state index contributed by atoms with van der Waals surface area (Å²) in [5, 5.41) is 12.8. The molecule has 7 nitrogen and oxygen atoms in total. The number of aromatic nitrogens is 2. The van der Waals surface area contributed by atoms with Gasteiger partial charge >= 0.3 is 5.97 Å². The molecule has 1 amide bonds. The van der Waals surface area contributed by atoms with Crippen molar-refractivity contribution >= 4 is 17.4 Å². The number of amides is 1. The van der Waals surface area contributed by atoms with Gasteiger partial charge < -0.3 is 14.7 Å². The molecule has 7 heteroatoms. The van der Waals surface area contributed by atoms with Crippen LogP contribution in [0, 0.1) is 0 Å². The lowest BCUT2D eigenvalue weighted by molar-refractivity contribution is -0.159. The molecule has 0 atom stereocenters. The van der Waals surface area contributed by atoms with E-state index in [1.165, 1.54) is 0 Å². The van der Waals surface area contributed by atoms with Crippen LogP contribution >= 0.6 is 0 Å². The molecule has 2 aromatic heterocycles. The first kappa shape index (κ1) is 13.6. The largest absolute Gasteiger partial charge is 0.480 e. The number of fused-ring (bicyclic) bond motifs is 1. The van der Waals surface area contributed by atoms with Crippen LogP contribution in [0.3, 0.4) is 0 Å². The van der Waals surface area contributed by atoms with Crippen molar-refractivity contribution in [3.63, 3.8) is 0 Å². The summed E-state index contributed by atoms with van der Waals surface area (Å²) >= 11 is 0. The van der Waals surface area contributed by atoms with Gasteiger partial charge in [0.2, 0.25) is 0 Å². The number of likely N-dealkylation sites (tertiary alicyclic amines) is 1. The molecular weight excluding hydrogens is 274 g/mol. The molecule has 110 valence electrons. The fraction of sp³-hybridized carbons (Fsp3) is 0.357. The van der Waals surface area contributed by atoms with Gasteiger partial charge in [-0.15, -0.1) is 0 Å². The molecule has 0 radical (unpaired) electrons. The third-order valence-electron chi connectivity index (χ3n) is 3.54. The van der Waals surface area contributed by atoms with Gasteiger partial charge in [0.05, 0.1) is 30.4 Å².